The van der Waals surface area contributed by atoms with Crippen LogP contribution in [0.4, 0.5) is 0 Å². The monoisotopic (exact) mass is 205 g/mol. The van der Waals surface area contributed by atoms with E-state index in [2.05, 4.69) is 5.16 Å². The van der Waals surface area contributed by atoms with Gasteiger partial charge in [0.1, 0.15) is 11.8 Å². The largest absolute Gasteiger partial charge is 0.411 e. The van der Waals surface area contributed by atoms with Gasteiger partial charge in [0, 0.05) is 17.5 Å². The highest BCUT2D eigenvalue weighted by Gasteiger charge is 2.36. The van der Waals surface area contributed by atoms with Crippen LogP contribution in [0.25, 0.3) is 0 Å². The maximum absolute atomic E-state index is 9.02. The Balaban J connectivity index is 2.17. The Morgan fingerprint density at radius 1 is 1.33 bits per heavy atom. The molecule has 2 aliphatic heterocycles. The third-order valence-corrected chi connectivity index (χ3v) is 2.84. The number of hydrogen-bond donors (Lipinski definition) is 1. The van der Waals surface area contributed by atoms with Gasteiger partial charge in [0.25, 0.3) is 0 Å². The molecule has 15 heavy (non-hydrogen) atoms. The van der Waals surface area contributed by atoms with Gasteiger partial charge in [-0.2, -0.15) is 0 Å². The predicted octanol–water partition coefficient (Wildman–Crippen LogP) is 1.68. The Hall–Kier alpha value is -1.39. The van der Waals surface area contributed by atoms with Crippen LogP contribution in [0.15, 0.2) is 29.4 Å². The summed E-state index contributed by atoms with van der Waals surface area (Å²) in [6.45, 7) is 0.642. The average molecular weight is 205 g/mol. The van der Waals surface area contributed by atoms with E-state index in [1.807, 2.05) is 24.3 Å². The molecule has 0 amide bonds. The van der Waals surface area contributed by atoms with E-state index < -0.39 is 0 Å². The quantitative estimate of drug-likeness (QED) is 0.518. The van der Waals surface area contributed by atoms with Crippen molar-refractivity contribution in [1.82, 2.24) is 0 Å². The van der Waals surface area contributed by atoms with Gasteiger partial charge in [0.2, 0.25) is 0 Å². The van der Waals surface area contributed by atoms with E-state index in [1.165, 1.54) is 0 Å². The van der Waals surface area contributed by atoms with Crippen molar-refractivity contribution in [3.8, 4) is 0 Å². The highest BCUT2D eigenvalue weighted by Crippen LogP contribution is 2.35. The minimum atomic E-state index is -0.301. The summed E-state index contributed by atoms with van der Waals surface area (Å²) in [6, 6.07) is 7.72. The average Bonchev–Trinajstić information content (AvgIpc) is 2.30. The fourth-order valence-corrected chi connectivity index (χ4v) is 2.13. The van der Waals surface area contributed by atoms with E-state index in [0.717, 1.165) is 17.5 Å². The number of oxime groups is 1. The van der Waals surface area contributed by atoms with E-state index in [9.17, 15) is 0 Å². The van der Waals surface area contributed by atoms with Crippen LogP contribution in [-0.2, 0) is 9.47 Å². The molecule has 3 rings (SSSR count). The van der Waals surface area contributed by atoms with E-state index in [0.29, 0.717) is 12.3 Å². The second kappa shape index (κ2) is 3.32. The van der Waals surface area contributed by atoms with Gasteiger partial charge in [-0.1, -0.05) is 29.4 Å². The summed E-state index contributed by atoms with van der Waals surface area (Å²) in [6.07, 6.45) is 0.304. The van der Waals surface area contributed by atoms with E-state index in [1.54, 1.807) is 0 Å². The molecular weight excluding hydrogens is 194 g/mol. The van der Waals surface area contributed by atoms with Gasteiger partial charge in [-0.05, 0) is 0 Å². The summed E-state index contributed by atoms with van der Waals surface area (Å²) < 4.78 is 11.1. The fraction of sp³-hybridized carbons (Fsp3) is 0.364. The van der Waals surface area contributed by atoms with Crippen LogP contribution in [0.1, 0.15) is 23.8 Å². The lowest BCUT2D eigenvalue weighted by atomic mass is 9.93. The van der Waals surface area contributed by atoms with Crippen LogP contribution in [0.5, 0.6) is 0 Å². The predicted molar refractivity (Wildman–Crippen MR) is 52.9 cm³/mol. The smallest absolute Gasteiger partial charge is 0.185 e. The summed E-state index contributed by atoms with van der Waals surface area (Å²) in [4.78, 5) is 0. The molecule has 1 saturated heterocycles. The number of ether oxygens (including phenoxy) is 2. The second-order valence-electron chi connectivity index (χ2n) is 3.69. The number of nitrogens with zero attached hydrogens (tertiary/aromatic N) is 1. The van der Waals surface area contributed by atoms with Crippen molar-refractivity contribution in [3.05, 3.63) is 35.4 Å². The molecule has 0 aliphatic carbocycles. The minimum Gasteiger partial charge on any atom is -0.411 e. The van der Waals surface area contributed by atoms with Crippen LogP contribution >= 0.6 is 0 Å². The highest BCUT2D eigenvalue weighted by atomic mass is 16.7. The number of rotatable bonds is 0. The lowest BCUT2D eigenvalue weighted by molar-refractivity contribution is -0.203. The van der Waals surface area contributed by atoms with E-state index >= 15 is 0 Å². The standard InChI is InChI=1S/C11H11NO3/c13-12-10-7-3-1-2-4-8(7)11-14-6-5-9(10)15-11/h1-4,9,11,13H,5-6H2/b12-10+/t9-,11-/m0/s1. The molecule has 1 aromatic carbocycles. The van der Waals surface area contributed by atoms with E-state index in [4.69, 9.17) is 14.7 Å². The topological polar surface area (TPSA) is 51.1 Å². The van der Waals surface area contributed by atoms with Gasteiger partial charge in [0.05, 0.1) is 6.61 Å². The van der Waals surface area contributed by atoms with Gasteiger partial charge < -0.3 is 14.7 Å². The van der Waals surface area contributed by atoms with Crippen LogP contribution < -0.4 is 0 Å². The molecule has 0 unspecified atom stereocenters. The molecule has 1 aromatic rings. The first-order chi connectivity index (χ1) is 7.40. The maximum atomic E-state index is 9.02. The van der Waals surface area contributed by atoms with Crippen molar-refractivity contribution >= 4 is 5.71 Å². The zero-order valence-corrected chi connectivity index (χ0v) is 8.09. The Labute approximate surface area is 87.1 Å². The molecular formula is C11H11NO3. The number of fused-ring (bicyclic) bond motifs is 4. The number of benzene rings is 1. The van der Waals surface area contributed by atoms with Gasteiger partial charge >= 0.3 is 0 Å². The molecule has 4 heteroatoms. The zero-order chi connectivity index (χ0) is 10.3. The van der Waals surface area contributed by atoms with E-state index in [-0.39, 0.29) is 12.4 Å². The third kappa shape index (κ3) is 1.26. The van der Waals surface area contributed by atoms with Gasteiger partial charge in [-0.25, -0.2) is 0 Å². The number of hydrogen-bond acceptors (Lipinski definition) is 4. The van der Waals surface area contributed by atoms with Crippen molar-refractivity contribution in [2.75, 3.05) is 6.61 Å². The molecule has 0 aromatic heterocycles. The van der Waals surface area contributed by atoms with Crippen molar-refractivity contribution in [1.29, 1.82) is 0 Å². The molecule has 2 heterocycles. The van der Waals surface area contributed by atoms with Crippen LogP contribution in [0, 0.1) is 0 Å². The van der Waals surface area contributed by atoms with Gasteiger partial charge in [0.15, 0.2) is 6.29 Å². The van der Waals surface area contributed by atoms with Crippen molar-refractivity contribution in [2.45, 2.75) is 18.8 Å². The SMILES string of the molecule is O/N=C1\c2ccccc2[C@H]2OCC[C@@H]1O2. The lowest BCUT2D eigenvalue weighted by Crippen LogP contribution is -2.39. The highest BCUT2D eigenvalue weighted by molar-refractivity contribution is 6.05. The van der Waals surface area contributed by atoms with Crippen LogP contribution in [0.2, 0.25) is 0 Å². The summed E-state index contributed by atoms with van der Waals surface area (Å²) in [7, 11) is 0. The Kier molecular flexibility index (Phi) is 1.97. The van der Waals surface area contributed by atoms with Crippen LogP contribution in [0.3, 0.4) is 0 Å². The Bertz CT molecular complexity index is 416. The molecule has 2 aliphatic rings. The van der Waals surface area contributed by atoms with Gasteiger partial charge in [-0.15, -0.1) is 0 Å². The Morgan fingerprint density at radius 3 is 3.07 bits per heavy atom. The Morgan fingerprint density at radius 2 is 2.20 bits per heavy atom. The molecule has 1 N–H and O–H groups in total. The maximum Gasteiger partial charge on any atom is 0.185 e. The molecule has 78 valence electrons. The van der Waals surface area contributed by atoms with Gasteiger partial charge in [-0.3, -0.25) is 0 Å². The zero-order valence-electron chi connectivity index (χ0n) is 8.09. The summed E-state index contributed by atoms with van der Waals surface area (Å²) in [5, 5.41) is 12.4. The second-order valence-corrected chi connectivity index (χ2v) is 3.69. The van der Waals surface area contributed by atoms with Crippen molar-refractivity contribution < 1.29 is 14.7 Å². The first-order valence-corrected chi connectivity index (χ1v) is 4.98. The lowest BCUT2D eigenvalue weighted by Gasteiger charge is -2.36. The molecule has 0 saturated carbocycles. The molecule has 2 atom stereocenters. The molecule has 2 bridgehead atoms. The van der Waals surface area contributed by atoms with Crippen molar-refractivity contribution in [2.24, 2.45) is 5.16 Å². The molecule has 0 radical (unpaired) electrons. The van der Waals surface area contributed by atoms with Crippen molar-refractivity contribution in [3.63, 3.8) is 0 Å². The molecule has 4 nitrogen and oxygen atoms in total. The molecule has 1 fully saturated rings. The normalized spacial score (nSPS) is 31.3. The first kappa shape index (κ1) is 8.88. The third-order valence-electron chi connectivity index (χ3n) is 2.84. The fourth-order valence-electron chi connectivity index (χ4n) is 2.13. The first-order valence-electron chi connectivity index (χ1n) is 4.98. The summed E-state index contributed by atoms with van der Waals surface area (Å²) in [5.41, 5.74) is 2.49. The van der Waals surface area contributed by atoms with Crippen LogP contribution in [-0.4, -0.2) is 23.6 Å². The molecule has 0 spiro atoms. The minimum absolute atomic E-state index is 0.136. The summed E-state index contributed by atoms with van der Waals surface area (Å²) >= 11 is 0. The summed E-state index contributed by atoms with van der Waals surface area (Å²) in [5.74, 6) is 0.